The molecule has 1 heterocycles. The zero-order chi connectivity index (χ0) is 14.8. The second-order valence-corrected chi connectivity index (χ2v) is 6.63. The number of hydrogen-bond acceptors (Lipinski definition) is 4. The quantitative estimate of drug-likeness (QED) is 0.851. The summed E-state index contributed by atoms with van der Waals surface area (Å²) in [6, 6.07) is 6.76. The SMILES string of the molecule is CC(=O)N1CCN(S(=O)(=O)c2ccccc2CN)CC1. The highest BCUT2D eigenvalue weighted by Crippen LogP contribution is 2.21. The molecule has 2 N–H and O–H groups in total. The van der Waals surface area contributed by atoms with Crippen molar-refractivity contribution in [2.45, 2.75) is 18.4 Å². The summed E-state index contributed by atoms with van der Waals surface area (Å²) in [5, 5.41) is 0. The summed E-state index contributed by atoms with van der Waals surface area (Å²) in [7, 11) is -3.54. The summed E-state index contributed by atoms with van der Waals surface area (Å²) in [6.45, 7) is 3.18. The third-order valence-electron chi connectivity index (χ3n) is 3.49. The van der Waals surface area contributed by atoms with Crippen LogP contribution in [-0.4, -0.2) is 49.7 Å². The van der Waals surface area contributed by atoms with Gasteiger partial charge in [0.2, 0.25) is 15.9 Å². The highest BCUT2D eigenvalue weighted by Gasteiger charge is 2.30. The van der Waals surface area contributed by atoms with Crippen LogP contribution in [0.25, 0.3) is 0 Å². The fraction of sp³-hybridized carbons (Fsp3) is 0.462. The van der Waals surface area contributed by atoms with E-state index >= 15 is 0 Å². The zero-order valence-electron chi connectivity index (χ0n) is 11.4. The lowest BCUT2D eigenvalue weighted by Gasteiger charge is -2.33. The molecule has 0 unspecified atom stereocenters. The molecule has 1 aromatic rings. The Morgan fingerprint density at radius 3 is 2.35 bits per heavy atom. The summed E-state index contributed by atoms with van der Waals surface area (Å²) < 4.78 is 26.6. The van der Waals surface area contributed by atoms with Crippen molar-refractivity contribution in [3.05, 3.63) is 29.8 Å². The van der Waals surface area contributed by atoms with Crippen LogP contribution in [0, 0.1) is 0 Å². The van der Waals surface area contributed by atoms with Crippen LogP contribution < -0.4 is 5.73 Å². The third-order valence-corrected chi connectivity index (χ3v) is 5.49. The second kappa shape index (κ2) is 5.90. The Labute approximate surface area is 119 Å². The van der Waals surface area contributed by atoms with Crippen molar-refractivity contribution in [2.75, 3.05) is 26.2 Å². The van der Waals surface area contributed by atoms with E-state index in [2.05, 4.69) is 0 Å². The van der Waals surface area contributed by atoms with Crippen molar-refractivity contribution in [2.24, 2.45) is 5.73 Å². The first kappa shape index (κ1) is 15.0. The van der Waals surface area contributed by atoms with Crippen molar-refractivity contribution >= 4 is 15.9 Å². The average Bonchev–Trinajstić information content (AvgIpc) is 2.47. The monoisotopic (exact) mass is 297 g/mol. The predicted octanol–water partition coefficient (Wildman–Crippen LogP) is -0.00190. The number of nitrogens with zero attached hydrogens (tertiary/aromatic N) is 2. The standard InChI is InChI=1S/C13H19N3O3S/c1-11(17)15-6-8-16(9-7-15)20(18,19)13-5-3-2-4-12(13)10-14/h2-5H,6-10,14H2,1H3. The zero-order valence-corrected chi connectivity index (χ0v) is 12.3. The van der Waals surface area contributed by atoms with E-state index < -0.39 is 10.0 Å². The molecule has 0 saturated carbocycles. The minimum Gasteiger partial charge on any atom is -0.340 e. The van der Waals surface area contributed by atoms with Crippen LogP contribution in [0.1, 0.15) is 12.5 Å². The number of benzene rings is 1. The molecule has 0 bridgehead atoms. The van der Waals surface area contributed by atoms with Crippen molar-refractivity contribution in [1.29, 1.82) is 0 Å². The molecular formula is C13H19N3O3S. The van der Waals surface area contributed by atoms with E-state index in [1.807, 2.05) is 0 Å². The molecule has 1 amide bonds. The van der Waals surface area contributed by atoms with Gasteiger partial charge in [0, 0.05) is 39.6 Å². The van der Waals surface area contributed by atoms with E-state index in [1.165, 1.54) is 11.2 Å². The number of rotatable bonds is 3. The molecule has 110 valence electrons. The summed E-state index contributed by atoms with van der Waals surface area (Å²) in [5.41, 5.74) is 6.22. The molecule has 1 aromatic carbocycles. The normalized spacial score (nSPS) is 17.2. The van der Waals surface area contributed by atoms with Gasteiger partial charge in [0.05, 0.1) is 4.90 Å². The molecule has 0 aromatic heterocycles. The fourth-order valence-corrected chi connectivity index (χ4v) is 3.96. The largest absolute Gasteiger partial charge is 0.340 e. The molecule has 2 rings (SSSR count). The van der Waals surface area contributed by atoms with Crippen LogP contribution in [0.5, 0.6) is 0 Å². The van der Waals surface area contributed by atoms with Crippen LogP contribution in [0.15, 0.2) is 29.2 Å². The first-order valence-electron chi connectivity index (χ1n) is 6.50. The van der Waals surface area contributed by atoms with E-state index in [4.69, 9.17) is 5.73 Å². The van der Waals surface area contributed by atoms with Crippen LogP contribution in [-0.2, 0) is 21.4 Å². The number of piperazine rings is 1. The molecule has 6 nitrogen and oxygen atoms in total. The van der Waals surface area contributed by atoms with Gasteiger partial charge < -0.3 is 10.6 Å². The Bertz CT molecular complexity index is 593. The van der Waals surface area contributed by atoms with Gasteiger partial charge in [-0.15, -0.1) is 0 Å². The minimum atomic E-state index is -3.54. The van der Waals surface area contributed by atoms with E-state index in [0.29, 0.717) is 31.7 Å². The maximum absolute atomic E-state index is 12.6. The summed E-state index contributed by atoms with van der Waals surface area (Å²) in [5.74, 6) is -0.0237. The van der Waals surface area contributed by atoms with Crippen molar-refractivity contribution < 1.29 is 13.2 Å². The second-order valence-electron chi connectivity index (χ2n) is 4.72. The first-order valence-corrected chi connectivity index (χ1v) is 7.94. The van der Waals surface area contributed by atoms with Gasteiger partial charge in [0.15, 0.2) is 0 Å². The summed E-state index contributed by atoms with van der Waals surface area (Å²) in [4.78, 5) is 13.2. The van der Waals surface area contributed by atoms with Gasteiger partial charge in [-0.25, -0.2) is 8.42 Å². The topological polar surface area (TPSA) is 83.7 Å². The van der Waals surface area contributed by atoms with Crippen LogP contribution in [0.2, 0.25) is 0 Å². The summed E-state index contributed by atoms with van der Waals surface area (Å²) >= 11 is 0. The van der Waals surface area contributed by atoms with Gasteiger partial charge in [-0.05, 0) is 11.6 Å². The predicted molar refractivity (Wildman–Crippen MR) is 75.3 cm³/mol. The smallest absolute Gasteiger partial charge is 0.243 e. The van der Waals surface area contributed by atoms with Gasteiger partial charge in [0.1, 0.15) is 0 Å². The highest BCUT2D eigenvalue weighted by atomic mass is 32.2. The van der Waals surface area contributed by atoms with E-state index in [1.54, 1.807) is 29.2 Å². The molecule has 1 saturated heterocycles. The molecule has 20 heavy (non-hydrogen) atoms. The van der Waals surface area contributed by atoms with Crippen LogP contribution >= 0.6 is 0 Å². The Balaban J connectivity index is 2.22. The fourth-order valence-electron chi connectivity index (χ4n) is 2.31. The molecule has 0 spiro atoms. The Hall–Kier alpha value is -1.44. The van der Waals surface area contributed by atoms with Crippen LogP contribution in [0.4, 0.5) is 0 Å². The Morgan fingerprint density at radius 1 is 1.20 bits per heavy atom. The molecule has 1 aliphatic rings. The maximum Gasteiger partial charge on any atom is 0.243 e. The Morgan fingerprint density at radius 2 is 1.80 bits per heavy atom. The number of carbonyl (C=O) groups is 1. The lowest BCUT2D eigenvalue weighted by atomic mass is 10.2. The van der Waals surface area contributed by atoms with Crippen LogP contribution in [0.3, 0.4) is 0 Å². The van der Waals surface area contributed by atoms with Gasteiger partial charge in [-0.3, -0.25) is 4.79 Å². The molecule has 0 atom stereocenters. The lowest BCUT2D eigenvalue weighted by Crippen LogP contribution is -2.50. The van der Waals surface area contributed by atoms with Gasteiger partial charge >= 0.3 is 0 Å². The number of hydrogen-bond donors (Lipinski definition) is 1. The molecule has 1 aliphatic heterocycles. The van der Waals surface area contributed by atoms with E-state index in [9.17, 15) is 13.2 Å². The summed E-state index contributed by atoms with van der Waals surface area (Å²) in [6.07, 6.45) is 0. The molecule has 0 radical (unpaired) electrons. The van der Waals surface area contributed by atoms with E-state index in [-0.39, 0.29) is 17.3 Å². The molecule has 0 aliphatic carbocycles. The van der Waals surface area contributed by atoms with Gasteiger partial charge in [0.25, 0.3) is 0 Å². The number of nitrogens with two attached hydrogens (primary N) is 1. The molecule has 1 fully saturated rings. The Kier molecular flexibility index (Phi) is 4.42. The third kappa shape index (κ3) is 2.84. The van der Waals surface area contributed by atoms with E-state index in [0.717, 1.165) is 0 Å². The average molecular weight is 297 g/mol. The van der Waals surface area contributed by atoms with Gasteiger partial charge in [-0.1, -0.05) is 18.2 Å². The molecular weight excluding hydrogens is 278 g/mol. The highest BCUT2D eigenvalue weighted by molar-refractivity contribution is 7.89. The van der Waals surface area contributed by atoms with Crippen molar-refractivity contribution in [1.82, 2.24) is 9.21 Å². The molecule has 7 heteroatoms. The number of carbonyl (C=O) groups excluding carboxylic acids is 1. The minimum absolute atomic E-state index is 0.0237. The lowest BCUT2D eigenvalue weighted by molar-refractivity contribution is -0.129. The first-order chi connectivity index (χ1) is 9.46. The van der Waals surface area contributed by atoms with Crippen molar-refractivity contribution in [3.63, 3.8) is 0 Å². The number of sulfonamides is 1. The van der Waals surface area contributed by atoms with Gasteiger partial charge in [-0.2, -0.15) is 4.31 Å². The van der Waals surface area contributed by atoms with Crippen molar-refractivity contribution in [3.8, 4) is 0 Å². The maximum atomic E-state index is 12.6. The number of amides is 1.